The van der Waals surface area contributed by atoms with Crippen LogP contribution in [-0.4, -0.2) is 26.1 Å². The van der Waals surface area contributed by atoms with Gasteiger partial charge >= 0.3 is 0 Å². The highest BCUT2D eigenvalue weighted by molar-refractivity contribution is 6.31. The van der Waals surface area contributed by atoms with E-state index in [1.807, 2.05) is 6.07 Å². The van der Waals surface area contributed by atoms with E-state index < -0.39 is 0 Å². The Morgan fingerprint density at radius 2 is 2.04 bits per heavy atom. The van der Waals surface area contributed by atoms with Crippen LogP contribution < -0.4 is 14.2 Å². The summed E-state index contributed by atoms with van der Waals surface area (Å²) in [6.07, 6.45) is 3.21. The molecule has 4 nitrogen and oxygen atoms in total. The van der Waals surface area contributed by atoms with Gasteiger partial charge in [-0.15, -0.1) is 0 Å². The minimum Gasteiger partial charge on any atom is -0.493 e. The second-order valence-corrected chi connectivity index (χ2v) is 5.39. The van der Waals surface area contributed by atoms with Gasteiger partial charge in [0.15, 0.2) is 17.3 Å². The molecule has 0 saturated heterocycles. The third-order valence-electron chi connectivity index (χ3n) is 3.39. The summed E-state index contributed by atoms with van der Waals surface area (Å²) in [7, 11) is 1.57. The van der Waals surface area contributed by atoms with Crippen LogP contribution in [0.5, 0.6) is 17.2 Å². The van der Waals surface area contributed by atoms with Crippen molar-refractivity contribution in [3.8, 4) is 17.2 Å². The van der Waals surface area contributed by atoms with Gasteiger partial charge in [-0.3, -0.25) is 4.79 Å². The molecule has 0 aliphatic carbocycles. The summed E-state index contributed by atoms with van der Waals surface area (Å²) >= 11 is 5.90. The zero-order chi connectivity index (χ0) is 16.2. The van der Waals surface area contributed by atoms with Crippen LogP contribution in [-0.2, 0) is 0 Å². The molecule has 0 N–H and O–H groups in total. The fraction of sp³-hybridized carbons (Fsp3) is 0.167. The Morgan fingerprint density at radius 3 is 2.83 bits per heavy atom. The number of ketones is 1. The zero-order valence-corrected chi connectivity index (χ0v) is 13.3. The summed E-state index contributed by atoms with van der Waals surface area (Å²) < 4.78 is 16.4. The molecule has 2 aromatic carbocycles. The smallest absolute Gasteiger partial charge is 0.203 e. The third-order valence-corrected chi connectivity index (χ3v) is 3.62. The maximum absolute atomic E-state index is 12.2. The van der Waals surface area contributed by atoms with Crippen LogP contribution in [0.25, 0.3) is 6.08 Å². The van der Waals surface area contributed by atoms with Crippen molar-refractivity contribution in [2.24, 2.45) is 0 Å². The summed E-state index contributed by atoms with van der Waals surface area (Å²) in [6, 6.07) is 10.5. The molecule has 0 fully saturated rings. The summed E-state index contributed by atoms with van der Waals surface area (Å²) in [5.41, 5.74) is 1.33. The first-order chi connectivity index (χ1) is 11.2. The van der Waals surface area contributed by atoms with Crippen molar-refractivity contribution in [3.63, 3.8) is 0 Å². The summed E-state index contributed by atoms with van der Waals surface area (Å²) in [4.78, 5) is 12.2. The standard InChI is InChI=1S/C18H15ClO4/c1-21-16-9-12(10-17-18(16)23-8-7-22-17)5-6-15(20)13-3-2-4-14(19)11-13/h2-6,9-11H,7-8H2,1H3/b6-5+. The van der Waals surface area contributed by atoms with E-state index in [-0.39, 0.29) is 5.78 Å². The second-order valence-electron chi connectivity index (χ2n) is 4.96. The first-order valence-electron chi connectivity index (χ1n) is 7.13. The highest BCUT2D eigenvalue weighted by Gasteiger charge is 2.17. The lowest BCUT2D eigenvalue weighted by molar-refractivity contribution is 0.104. The van der Waals surface area contributed by atoms with Gasteiger partial charge in [0.1, 0.15) is 13.2 Å². The van der Waals surface area contributed by atoms with E-state index in [0.717, 1.165) is 5.56 Å². The summed E-state index contributed by atoms with van der Waals surface area (Å²) in [6.45, 7) is 0.983. The second kappa shape index (κ2) is 6.75. The maximum atomic E-state index is 12.2. The number of rotatable bonds is 4. The maximum Gasteiger partial charge on any atom is 0.203 e. The lowest BCUT2D eigenvalue weighted by Gasteiger charge is -2.20. The Labute approximate surface area is 139 Å². The first-order valence-corrected chi connectivity index (χ1v) is 7.51. The molecular formula is C18H15ClO4. The molecule has 0 aromatic heterocycles. The normalized spacial score (nSPS) is 13.1. The van der Waals surface area contributed by atoms with Crippen LogP contribution in [0.15, 0.2) is 42.5 Å². The highest BCUT2D eigenvalue weighted by Crippen LogP contribution is 2.40. The van der Waals surface area contributed by atoms with Crippen molar-refractivity contribution in [2.45, 2.75) is 0 Å². The van der Waals surface area contributed by atoms with E-state index in [0.29, 0.717) is 41.0 Å². The van der Waals surface area contributed by atoms with Crippen molar-refractivity contribution >= 4 is 23.5 Å². The number of hydrogen-bond donors (Lipinski definition) is 0. The zero-order valence-electron chi connectivity index (χ0n) is 12.5. The number of benzene rings is 2. The summed E-state index contributed by atoms with van der Waals surface area (Å²) in [5, 5.41) is 0.533. The molecule has 1 aliphatic rings. The molecule has 118 valence electrons. The minimum atomic E-state index is -0.124. The summed E-state index contributed by atoms with van der Waals surface area (Å²) in [5.74, 6) is 1.67. The van der Waals surface area contributed by atoms with Crippen LogP contribution in [0, 0.1) is 0 Å². The van der Waals surface area contributed by atoms with Gasteiger partial charge in [0.2, 0.25) is 5.75 Å². The van der Waals surface area contributed by atoms with Crippen molar-refractivity contribution in [3.05, 3.63) is 58.6 Å². The average Bonchev–Trinajstić information content (AvgIpc) is 2.58. The molecule has 0 amide bonds. The molecule has 0 radical (unpaired) electrons. The molecule has 0 atom stereocenters. The molecule has 1 aliphatic heterocycles. The van der Waals surface area contributed by atoms with Gasteiger partial charge in [-0.2, -0.15) is 0 Å². The van der Waals surface area contributed by atoms with Gasteiger partial charge in [-0.25, -0.2) is 0 Å². The number of hydrogen-bond acceptors (Lipinski definition) is 4. The quantitative estimate of drug-likeness (QED) is 0.627. The fourth-order valence-electron chi connectivity index (χ4n) is 2.30. The number of carbonyl (C=O) groups excluding carboxylic acids is 1. The molecule has 2 aromatic rings. The molecule has 0 spiro atoms. The number of ether oxygens (including phenoxy) is 3. The molecule has 1 heterocycles. The Kier molecular flexibility index (Phi) is 4.53. The SMILES string of the molecule is COc1cc(/C=C/C(=O)c2cccc(Cl)c2)cc2c1OCCO2. The number of halogens is 1. The Morgan fingerprint density at radius 1 is 1.22 bits per heavy atom. The Hall–Kier alpha value is -2.46. The lowest BCUT2D eigenvalue weighted by Crippen LogP contribution is -2.16. The van der Waals surface area contributed by atoms with Gasteiger partial charge in [-0.05, 0) is 35.9 Å². The predicted molar refractivity (Wildman–Crippen MR) is 88.8 cm³/mol. The van der Waals surface area contributed by atoms with Gasteiger partial charge < -0.3 is 14.2 Å². The van der Waals surface area contributed by atoms with Gasteiger partial charge in [0.25, 0.3) is 0 Å². The van der Waals surface area contributed by atoms with E-state index in [1.54, 1.807) is 43.5 Å². The van der Waals surface area contributed by atoms with E-state index in [9.17, 15) is 4.79 Å². The molecule has 3 rings (SSSR count). The van der Waals surface area contributed by atoms with E-state index in [2.05, 4.69) is 0 Å². The number of carbonyl (C=O) groups is 1. The molecular weight excluding hydrogens is 316 g/mol. The molecule has 0 saturated carbocycles. The topological polar surface area (TPSA) is 44.8 Å². The van der Waals surface area contributed by atoms with Crippen LogP contribution >= 0.6 is 11.6 Å². The van der Waals surface area contributed by atoms with Crippen molar-refractivity contribution in [1.82, 2.24) is 0 Å². The Bertz CT molecular complexity index is 750. The van der Waals surface area contributed by atoms with Gasteiger partial charge in [0, 0.05) is 10.6 Å². The van der Waals surface area contributed by atoms with E-state index in [1.165, 1.54) is 6.08 Å². The lowest BCUT2D eigenvalue weighted by atomic mass is 10.1. The minimum absolute atomic E-state index is 0.124. The van der Waals surface area contributed by atoms with Crippen molar-refractivity contribution in [2.75, 3.05) is 20.3 Å². The number of fused-ring (bicyclic) bond motifs is 1. The first kappa shape index (κ1) is 15.4. The monoisotopic (exact) mass is 330 g/mol. The Balaban J connectivity index is 1.86. The molecule has 23 heavy (non-hydrogen) atoms. The molecule has 0 unspecified atom stereocenters. The molecule has 5 heteroatoms. The van der Waals surface area contributed by atoms with Gasteiger partial charge in [0.05, 0.1) is 7.11 Å². The van der Waals surface area contributed by atoms with Crippen molar-refractivity contribution in [1.29, 1.82) is 0 Å². The van der Waals surface area contributed by atoms with Crippen LogP contribution in [0.2, 0.25) is 5.02 Å². The number of allylic oxidation sites excluding steroid dienone is 1. The highest BCUT2D eigenvalue weighted by atomic mass is 35.5. The van der Waals surface area contributed by atoms with E-state index >= 15 is 0 Å². The van der Waals surface area contributed by atoms with E-state index in [4.69, 9.17) is 25.8 Å². The third kappa shape index (κ3) is 3.48. The predicted octanol–water partition coefficient (Wildman–Crippen LogP) is 4.02. The number of methoxy groups -OCH3 is 1. The molecule has 0 bridgehead atoms. The largest absolute Gasteiger partial charge is 0.493 e. The van der Waals surface area contributed by atoms with Crippen LogP contribution in [0.1, 0.15) is 15.9 Å². The average molecular weight is 331 g/mol. The van der Waals surface area contributed by atoms with Gasteiger partial charge in [-0.1, -0.05) is 29.8 Å². The van der Waals surface area contributed by atoms with Crippen LogP contribution in [0.4, 0.5) is 0 Å². The van der Waals surface area contributed by atoms with Crippen molar-refractivity contribution < 1.29 is 19.0 Å². The van der Waals surface area contributed by atoms with Crippen LogP contribution in [0.3, 0.4) is 0 Å². The fourth-order valence-corrected chi connectivity index (χ4v) is 2.49.